The van der Waals surface area contributed by atoms with Crippen LogP contribution in [0.4, 0.5) is 0 Å². The van der Waals surface area contributed by atoms with Crippen molar-refractivity contribution < 1.29 is 4.74 Å². The van der Waals surface area contributed by atoms with Gasteiger partial charge in [-0.05, 0) is 54.3 Å². The Labute approximate surface area is 98.9 Å². The predicted molar refractivity (Wildman–Crippen MR) is 64.1 cm³/mol. The first-order chi connectivity index (χ1) is 7.56. The second kappa shape index (κ2) is 2.68. The summed E-state index contributed by atoms with van der Waals surface area (Å²) in [5.41, 5.74) is 1.02. The van der Waals surface area contributed by atoms with E-state index in [1.54, 1.807) is 0 Å². The summed E-state index contributed by atoms with van der Waals surface area (Å²) in [7, 11) is 0. The van der Waals surface area contributed by atoms with Crippen molar-refractivity contribution in [3.8, 4) is 0 Å². The summed E-state index contributed by atoms with van der Waals surface area (Å²) < 4.78 is 5.92. The monoisotopic (exact) mass is 220 g/mol. The second-order valence-corrected chi connectivity index (χ2v) is 7.58. The van der Waals surface area contributed by atoms with E-state index in [0.29, 0.717) is 11.0 Å². The molecule has 16 heavy (non-hydrogen) atoms. The third-order valence-corrected chi connectivity index (χ3v) is 6.68. The summed E-state index contributed by atoms with van der Waals surface area (Å²) >= 11 is 0. The van der Waals surface area contributed by atoms with Crippen LogP contribution in [0.1, 0.15) is 46.5 Å². The zero-order chi connectivity index (χ0) is 11.1. The largest absolute Gasteiger partial charge is 0.369 e. The Morgan fingerprint density at radius 1 is 1.06 bits per heavy atom. The van der Waals surface area contributed by atoms with Gasteiger partial charge in [0.15, 0.2) is 0 Å². The summed E-state index contributed by atoms with van der Waals surface area (Å²) in [4.78, 5) is 0. The molecule has 0 aromatic carbocycles. The fourth-order valence-corrected chi connectivity index (χ4v) is 5.58. The molecule has 6 atom stereocenters. The molecule has 3 saturated carbocycles. The molecule has 1 aliphatic heterocycles. The maximum atomic E-state index is 5.92. The first-order valence-corrected chi connectivity index (χ1v) is 7.20. The lowest BCUT2D eigenvalue weighted by molar-refractivity contribution is 0.141. The summed E-state index contributed by atoms with van der Waals surface area (Å²) in [5.74, 6) is 4.91. The fraction of sp³-hybridized carbons (Fsp3) is 1.00. The van der Waals surface area contributed by atoms with Gasteiger partial charge in [0.25, 0.3) is 0 Å². The zero-order valence-electron chi connectivity index (χ0n) is 10.8. The van der Waals surface area contributed by atoms with Crippen molar-refractivity contribution >= 4 is 0 Å². The van der Waals surface area contributed by atoms with E-state index in [0.717, 1.165) is 36.2 Å². The number of fused-ring (bicyclic) bond motifs is 4. The van der Waals surface area contributed by atoms with Crippen molar-refractivity contribution in [1.82, 2.24) is 0 Å². The van der Waals surface area contributed by atoms with Crippen LogP contribution in [-0.2, 0) is 4.74 Å². The highest BCUT2D eigenvalue weighted by molar-refractivity contribution is 5.18. The normalized spacial score (nSPS) is 61.3. The molecule has 1 saturated heterocycles. The Hall–Kier alpha value is -0.0400. The van der Waals surface area contributed by atoms with Gasteiger partial charge in [0.05, 0.1) is 12.2 Å². The Bertz CT molecular complexity index is 328. The SMILES string of the molecule is C[C@H]1CC[C@@H]2[C@H]1[C@@H]1[C@H](CCC23CO3)C1(C)C. The van der Waals surface area contributed by atoms with E-state index in [1.807, 2.05) is 0 Å². The van der Waals surface area contributed by atoms with Crippen molar-refractivity contribution in [2.24, 2.45) is 35.0 Å². The van der Waals surface area contributed by atoms with E-state index >= 15 is 0 Å². The number of hydrogen-bond donors (Lipinski definition) is 0. The number of epoxide rings is 1. The molecule has 0 N–H and O–H groups in total. The molecular weight excluding hydrogens is 196 g/mol. The van der Waals surface area contributed by atoms with Gasteiger partial charge in [0, 0.05) is 0 Å². The minimum Gasteiger partial charge on any atom is -0.369 e. The molecule has 1 spiro atoms. The van der Waals surface area contributed by atoms with Crippen LogP contribution in [0.15, 0.2) is 0 Å². The lowest BCUT2D eigenvalue weighted by Crippen LogP contribution is -2.30. The lowest BCUT2D eigenvalue weighted by Gasteiger charge is -2.28. The summed E-state index contributed by atoms with van der Waals surface area (Å²) in [5, 5.41) is 0. The standard InChI is InChI=1S/C15H24O/c1-9-4-5-10-12(9)13-11(14(13,2)3)6-7-15(10)8-16-15/h9-13H,4-8H2,1-3H3/t9-,10+,11-,12-,13-,15?/m0/s1. The van der Waals surface area contributed by atoms with Crippen molar-refractivity contribution in [1.29, 1.82) is 0 Å². The maximum Gasteiger partial charge on any atom is 0.0947 e. The lowest BCUT2D eigenvalue weighted by atomic mass is 9.76. The second-order valence-electron chi connectivity index (χ2n) is 7.58. The zero-order valence-corrected chi connectivity index (χ0v) is 10.8. The van der Waals surface area contributed by atoms with E-state index in [-0.39, 0.29) is 0 Å². The molecule has 0 radical (unpaired) electrons. The predicted octanol–water partition coefficient (Wildman–Crippen LogP) is 3.48. The molecule has 4 fully saturated rings. The molecule has 1 nitrogen and oxygen atoms in total. The molecule has 0 aromatic heterocycles. The highest BCUT2D eigenvalue weighted by atomic mass is 16.6. The van der Waals surface area contributed by atoms with Crippen LogP contribution in [0.3, 0.4) is 0 Å². The van der Waals surface area contributed by atoms with Crippen molar-refractivity contribution in [2.75, 3.05) is 6.61 Å². The molecule has 1 unspecified atom stereocenters. The van der Waals surface area contributed by atoms with Gasteiger partial charge in [-0.1, -0.05) is 27.2 Å². The van der Waals surface area contributed by atoms with Crippen LogP contribution in [0.5, 0.6) is 0 Å². The molecule has 4 rings (SSSR count). The first kappa shape index (κ1) is 9.94. The topological polar surface area (TPSA) is 12.5 Å². The van der Waals surface area contributed by atoms with E-state index in [1.165, 1.54) is 25.7 Å². The summed E-state index contributed by atoms with van der Waals surface area (Å²) in [6, 6.07) is 0. The van der Waals surface area contributed by atoms with Crippen LogP contribution in [0.2, 0.25) is 0 Å². The van der Waals surface area contributed by atoms with Gasteiger partial charge in [-0.3, -0.25) is 0 Å². The Morgan fingerprint density at radius 2 is 1.81 bits per heavy atom. The summed E-state index contributed by atoms with van der Waals surface area (Å²) in [6.07, 6.45) is 5.72. The van der Waals surface area contributed by atoms with Crippen LogP contribution >= 0.6 is 0 Å². The minimum absolute atomic E-state index is 0.374. The molecular formula is C15H24O. The van der Waals surface area contributed by atoms with Gasteiger partial charge in [0.2, 0.25) is 0 Å². The number of ether oxygens (including phenoxy) is 1. The van der Waals surface area contributed by atoms with Gasteiger partial charge in [-0.25, -0.2) is 0 Å². The van der Waals surface area contributed by atoms with Crippen LogP contribution in [0.25, 0.3) is 0 Å². The molecule has 0 amide bonds. The quantitative estimate of drug-likeness (QED) is 0.569. The Kier molecular flexibility index (Phi) is 1.67. The minimum atomic E-state index is 0.374. The molecule has 1 heterocycles. The van der Waals surface area contributed by atoms with Gasteiger partial charge in [-0.2, -0.15) is 0 Å². The number of hydrogen-bond acceptors (Lipinski definition) is 1. The summed E-state index contributed by atoms with van der Waals surface area (Å²) in [6.45, 7) is 8.60. The number of rotatable bonds is 0. The average Bonchev–Trinajstić information content (AvgIpc) is 3.07. The Morgan fingerprint density at radius 3 is 2.50 bits per heavy atom. The van der Waals surface area contributed by atoms with E-state index < -0.39 is 0 Å². The van der Waals surface area contributed by atoms with E-state index in [4.69, 9.17) is 4.74 Å². The third-order valence-electron chi connectivity index (χ3n) is 6.68. The van der Waals surface area contributed by atoms with Gasteiger partial charge in [-0.15, -0.1) is 0 Å². The van der Waals surface area contributed by atoms with E-state index in [2.05, 4.69) is 20.8 Å². The third kappa shape index (κ3) is 1.02. The van der Waals surface area contributed by atoms with Crippen molar-refractivity contribution in [2.45, 2.75) is 52.1 Å². The van der Waals surface area contributed by atoms with Gasteiger partial charge < -0.3 is 4.74 Å². The van der Waals surface area contributed by atoms with Crippen molar-refractivity contribution in [3.63, 3.8) is 0 Å². The highest BCUT2D eigenvalue weighted by Crippen LogP contribution is 2.72. The highest BCUT2D eigenvalue weighted by Gasteiger charge is 2.70. The molecule has 1 heteroatoms. The van der Waals surface area contributed by atoms with E-state index in [9.17, 15) is 0 Å². The molecule has 90 valence electrons. The Balaban J connectivity index is 1.71. The van der Waals surface area contributed by atoms with Gasteiger partial charge >= 0.3 is 0 Å². The molecule has 0 aromatic rings. The van der Waals surface area contributed by atoms with Gasteiger partial charge in [0.1, 0.15) is 0 Å². The smallest absolute Gasteiger partial charge is 0.0947 e. The van der Waals surface area contributed by atoms with Crippen LogP contribution < -0.4 is 0 Å². The fourth-order valence-electron chi connectivity index (χ4n) is 5.58. The van der Waals surface area contributed by atoms with Crippen LogP contribution in [-0.4, -0.2) is 12.2 Å². The molecule has 3 aliphatic carbocycles. The molecule has 4 aliphatic rings. The van der Waals surface area contributed by atoms with Crippen LogP contribution in [0, 0.1) is 35.0 Å². The maximum absolute atomic E-state index is 5.92. The first-order valence-electron chi connectivity index (χ1n) is 7.20. The average molecular weight is 220 g/mol. The van der Waals surface area contributed by atoms with Crippen molar-refractivity contribution in [3.05, 3.63) is 0 Å². The molecule has 0 bridgehead atoms.